The molecule has 1 aliphatic rings. The number of aromatic amines is 1. The van der Waals surface area contributed by atoms with E-state index in [2.05, 4.69) is 14.7 Å². The minimum atomic E-state index is -3.76. The van der Waals surface area contributed by atoms with Crippen molar-refractivity contribution in [2.45, 2.75) is 30.2 Å². The van der Waals surface area contributed by atoms with Gasteiger partial charge in [0.25, 0.3) is 0 Å². The van der Waals surface area contributed by atoms with E-state index in [-0.39, 0.29) is 22.3 Å². The number of benzene rings is 2. The fraction of sp³-hybridized carbons (Fsp3) is 0.292. The second-order valence-electron chi connectivity index (χ2n) is 8.93. The smallest absolute Gasteiger partial charge is 0.241 e. The maximum absolute atomic E-state index is 13.4. The number of hydrogen-bond acceptors (Lipinski definition) is 6. The lowest BCUT2D eigenvalue weighted by Gasteiger charge is -2.19. The van der Waals surface area contributed by atoms with Crippen LogP contribution in [-0.2, 0) is 10.0 Å². The van der Waals surface area contributed by atoms with Crippen LogP contribution in [-0.4, -0.2) is 48.9 Å². The average Bonchev–Trinajstić information content (AvgIpc) is 3.47. The van der Waals surface area contributed by atoms with Gasteiger partial charge in [0, 0.05) is 48.7 Å². The third kappa shape index (κ3) is 3.78. The summed E-state index contributed by atoms with van der Waals surface area (Å²) in [5.41, 5.74) is 2.38. The third-order valence-corrected chi connectivity index (χ3v) is 8.09. The van der Waals surface area contributed by atoms with E-state index < -0.39 is 10.0 Å². The Morgan fingerprint density at radius 2 is 1.91 bits per heavy atom. The molecule has 0 saturated heterocycles. The Morgan fingerprint density at radius 1 is 1.15 bits per heavy atom. The number of H-pyrrole nitrogens is 1. The van der Waals surface area contributed by atoms with Gasteiger partial charge in [-0.25, -0.2) is 18.1 Å². The lowest BCUT2D eigenvalue weighted by molar-refractivity contribution is 0.548. The number of aromatic nitrogens is 3. The maximum Gasteiger partial charge on any atom is 0.241 e. The molecule has 2 aromatic heterocycles. The molecule has 0 bridgehead atoms. The molecule has 4 aromatic rings. The molecule has 2 heterocycles. The average molecular weight is 478 g/mol. The first kappa shape index (κ1) is 22.3. The van der Waals surface area contributed by atoms with Crippen molar-refractivity contribution in [2.75, 3.05) is 19.0 Å². The first-order valence-corrected chi connectivity index (χ1v) is 12.6. The molecule has 2 aromatic carbocycles. The highest BCUT2D eigenvalue weighted by Crippen LogP contribution is 2.32. The van der Waals surface area contributed by atoms with E-state index in [0.29, 0.717) is 41.6 Å². The van der Waals surface area contributed by atoms with Gasteiger partial charge in [0.05, 0.1) is 16.6 Å². The molecule has 1 saturated carbocycles. The molecular formula is C24H27N7O2S. The molecule has 0 unspecified atom stereocenters. The second-order valence-corrected chi connectivity index (χ2v) is 10.6. The minimum absolute atomic E-state index is 0.133. The zero-order valence-electron chi connectivity index (χ0n) is 19.0. The third-order valence-electron chi connectivity index (χ3n) is 6.51. The highest BCUT2D eigenvalue weighted by atomic mass is 32.2. The summed E-state index contributed by atoms with van der Waals surface area (Å²) in [5.74, 6) is 0.134. The summed E-state index contributed by atoms with van der Waals surface area (Å²) in [7, 11) is 0.115. The van der Waals surface area contributed by atoms with Gasteiger partial charge in [-0.05, 0) is 37.5 Å². The SMILES string of the molecule is CN(C)c1cccc2c(S(=O)(=O)N[C@H]3CC[C@@H](C(=N)n4c(=N)cnc5[nH]ccc54)C3)cccc12. The van der Waals surface area contributed by atoms with Gasteiger partial charge in [0.2, 0.25) is 10.0 Å². The quantitative estimate of drug-likeness (QED) is 0.260. The van der Waals surface area contributed by atoms with Crippen LogP contribution in [0.5, 0.6) is 0 Å². The van der Waals surface area contributed by atoms with Crippen molar-refractivity contribution in [3.05, 3.63) is 60.3 Å². The van der Waals surface area contributed by atoms with Crippen LogP contribution < -0.4 is 15.1 Å². The molecule has 2 atom stereocenters. The zero-order valence-corrected chi connectivity index (χ0v) is 19.9. The lowest BCUT2D eigenvalue weighted by atomic mass is 10.1. The van der Waals surface area contributed by atoms with Crippen molar-refractivity contribution >= 4 is 43.5 Å². The summed E-state index contributed by atoms with van der Waals surface area (Å²) in [5, 5.41) is 18.6. The van der Waals surface area contributed by atoms with Crippen molar-refractivity contribution in [1.29, 1.82) is 10.8 Å². The number of nitrogens with one attached hydrogen (secondary N) is 4. The van der Waals surface area contributed by atoms with Crippen molar-refractivity contribution in [3.63, 3.8) is 0 Å². The van der Waals surface area contributed by atoms with Crippen LogP contribution in [0.1, 0.15) is 19.3 Å². The first-order valence-electron chi connectivity index (χ1n) is 11.2. The summed E-state index contributed by atoms with van der Waals surface area (Å²) in [6, 6.07) is 12.5. The van der Waals surface area contributed by atoms with Gasteiger partial charge in [-0.2, -0.15) is 0 Å². The van der Waals surface area contributed by atoms with Crippen LogP contribution in [0.3, 0.4) is 0 Å². The van der Waals surface area contributed by atoms with E-state index in [0.717, 1.165) is 11.1 Å². The predicted molar refractivity (Wildman–Crippen MR) is 133 cm³/mol. The second kappa shape index (κ2) is 8.37. The fourth-order valence-corrected chi connectivity index (χ4v) is 6.41. The molecule has 176 valence electrons. The van der Waals surface area contributed by atoms with E-state index in [9.17, 15) is 8.42 Å². The van der Waals surface area contributed by atoms with Crippen LogP contribution in [0.15, 0.2) is 59.8 Å². The fourth-order valence-electron chi connectivity index (χ4n) is 4.90. The summed E-state index contributed by atoms with van der Waals surface area (Å²) >= 11 is 0. The number of fused-ring (bicyclic) bond motifs is 2. The Bertz CT molecular complexity index is 1570. The Labute approximate surface area is 197 Å². The topological polar surface area (TPSA) is 131 Å². The molecule has 0 spiro atoms. The first-order chi connectivity index (χ1) is 16.3. The Hall–Kier alpha value is -3.50. The molecule has 0 amide bonds. The number of rotatable bonds is 5. The van der Waals surface area contributed by atoms with Gasteiger partial charge < -0.3 is 9.88 Å². The van der Waals surface area contributed by atoms with Gasteiger partial charge in [0.1, 0.15) is 11.3 Å². The summed E-state index contributed by atoms with van der Waals surface area (Å²) < 4.78 is 31.3. The number of nitrogens with zero attached hydrogens (tertiary/aromatic N) is 3. The predicted octanol–water partition coefficient (Wildman–Crippen LogP) is 3.04. The standard InChI is InChI=1S/C24H27N7O2S/c1-30(2)19-7-3-6-18-17(19)5-4-8-21(18)34(32,33)29-16-10-9-15(13-16)23(26)31-20-11-12-27-24(20)28-14-22(31)25/h3-8,11-12,14-16,25-27,29H,9-10,13H2,1-2H3/t15-,16+/m1/s1. The van der Waals surface area contributed by atoms with E-state index in [1.807, 2.05) is 43.3 Å². The monoisotopic (exact) mass is 477 g/mol. The van der Waals surface area contributed by atoms with Crippen LogP contribution >= 0.6 is 0 Å². The van der Waals surface area contributed by atoms with Crippen LogP contribution in [0, 0.1) is 16.7 Å². The normalized spacial score (nSPS) is 18.5. The molecule has 1 fully saturated rings. The van der Waals surface area contributed by atoms with Crippen LogP contribution in [0.4, 0.5) is 5.69 Å². The van der Waals surface area contributed by atoms with Crippen molar-refractivity contribution in [2.24, 2.45) is 5.92 Å². The van der Waals surface area contributed by atoms with Gasteiger partial charge in [-0.3, -0.25) is 15.4 Å². The summed E-state index contributed by atoms with van der Waals surface area (Å²) in [4.78, 5) is 9.44. The van der Waals surface area contributed by atoms with Gasteiger partial charge in [0.15, 0.2) is 5.65 Å². The van der Waals surface area contributed by atoms with Gasteiger partial charge >= 0.3 is 0 Å². The number of anilines is 1. The van der Waals surface area contributed by atoms with E-state index in [1.54, 1.807) is 29.0 Å². The Balaban J connectivity index is 1.40. The van der Waals surface area contributed by atoms with Crippen molar-refractivity contribution in [3.8, 4) is 0 Å². The molecule has 5 rings (SSSR count). The van der Waals surface area contributed by atoms with E-state index in [4.69, 9.17) is 10.8 Å². The van der Waals surface area contributed by atoms with Gasteiger partial charge in [-0.15, -0.1) is 0 Å². The highest BCUT2D eigenvalue weighted by Gasteiger charge is 2.32. The van der Waals surface area contributed by atoms with E-state index in [1.165, 1.54) is 6.20 Å². The molecule has 34 heavy (non-hydrogen) atoms. The lowest BCUT2D eigenvalue weighted by Crippen LogP contribution is -2.35. The number of hydrogen-bond donors (Lipinski definition) is 4. The van der Waals surface area contributed by atoms with Crippen LogP contribution in [0.2, 0.25) is 0 Å². The molecule has 1 aliphatic carbocycles. The molecular weight excluding hydrogens is 450 g/mol. The van der Waals surface area contributed by atoms with Crippen molar-refractivity contribution < 1.29 is 8.42 Å². The molecule has 10 heteroatoms. The molecule has 0 radical (unpaired) electrons. The summed E-state index contributed by atoms with van der Waals surface area (Å²) in [6.45, 7) is 0. The van der Waals surface area contributed by atoms with E-state index >= 15 is 0 Å². The molecule has 0 aliphatic heterocycles. The minimum Gasteiger partial charge on any atom is -0.377 e. The summed E-state index contributed by atoms with van der Waals surface area (Å²) in [6.07, 6.45) is 4.97. The molecule has 4 N–H and O–H groups in total. The van der Waals surface area contributed by atoms with Gasteiger partial charge in [-0.1, -0.05) is 24.3 Å². The Morgan fingerprint density at radius 3 is 2.71 bits per heavy atom. The van der Waals surface area contributed by atoms with Crippen molar-refractivity contribution in [1.82, 2.24) is 19.3 Å². The zero-order chi connectivity index (χ0) is 24.0. The van der Waals surface area contributed by atoms with Crippen LogP contribution in [0.25, 0.3) is 21.9 Å². The largest absolute Gasteiger partial charge is 0.377 e. The Kier molecular flexibility index (Phi) is 5.49. The highest BCUT2D eigenvalue weighted by molar-refractivity contribution is 7.89. The number of sulfonamides is 1. The maximum atomic E-state index is 13.4. The molecule has 9 nitrogen and oxygen atoms in total.